The Bertz CT molecular complexity index is 1260. The number of amides is 1. The number of carbonyl (C=O) groups excluding carboxylic acids is 1. The van der Waals surface area contributed by atoms with Crippen molar-refractivity contribution in [1.82, 2.24) is 10.1 Å². The highest BCUT2D eigenvalue weighted by Crippen LogP contribution is 2.25. The minimum Gasteiger partial charge on any atom is -0.377 e. The molecule has 0 radical (unpaired) electrons. The summed E-state index contributed by atoms with van der Waals surface area (Å²) >= 11 is 3.52. The summed E-state index contributed by atoms with van der Waals surface area (Å²) in [4.78, 5) is 14.7. The van der Waals surface area contributed by atoms with Gasteiger partial charge in [-0.3, -0.25) is 4.79 Å². The third-order valence-electron chi connectivity index (χ3n) is 5.08. The largest absolute Gasteiger partial charge is 0.377 e. The number of halogens is 1. The highest BCUT2D eigenvalue weighted by molar-refractivity contribution is 9.10. The number of sulfonamides is 1. The van der Waals surface area contributed by atoms with Crippen LogP contribution in [-0.2, 0) is 14.8 Å². The number of anilines is 1. The van der Waals surface area contributed by atoms with Gasteiger partial charge in [0.1, 0.15) is 0 Å². The van der Waals surface area contributed by atoms with E-state index < -0.39 is 22.0 Å². The van der Waals surface area contributed by atoms with Gasteiger partial charge >= 0.3 is 0 Å². The van der Waals surface area contributed by atoms with Crippen molar-refractivity contribution in [3.05, 3.63) is 94.0 Å². The first-order valence-electron chi connectivity index (χ1n) is 10.6. The first-order valence-corrected chi connectivity index (χ1v) is 12.9. The minimum absolute atomic E-state index is 0.115. The molecule has 0 aliphatic heterocycles. The molecular formula is C25H27BrN4O3S. The van der Waals surface area contributed by atoms with Gasteiger partial charge in [-0.05, 0) is 58.2 Å². The number of aryl methyl sites for hydroxylation is 1. The molecule has 0 aromatic heterocycles. The quantitative estimate of drug-likeness (QED) is 0.310. The van der Waals surface area contributed by atoms with Gasteiger partial charge in [-0.1, -0.05) is 54.1 Å². The lowest BCUT2D eigenvalue weighted by molar-refractivity contribution is -0.121. The summed E-state index contributed by atoms with van der Waals surface area (Å²) in [6.07, 6.45) is 1.42. The smallest absolute Gasteiger partial charge is 0.242 e. The minimum atomic E-state index is -3.83. The lowest BCUT2D eigenvalue weighted by Crippen LogP contribution is -2.32. The van der Waals surface area contributed by atoms with Crippen LogP contribution >= 0.6 is 15.9 Å². The molecule has 2 N–H and O–H groups in total. The molecule has 0 bridgehead atoms. The zero-order valence-corrected chi connectivity index (χ0v) is 21.6. The van der Waals surface area contributed by atoms with E-state index >= 15 is 0 Å². The van der Waals surface area contributed by atoms with Crippen LogP contribution in [0.1, 0.15) is 29.2 Å². The van der Waals surface area contributed by atoms with E-state index in [-0.39, 0.29) is 11.3 Å². The molecule has 0 saturated carbocycles. The Morgan fingerprint density at radius 3 is 2.35 bits per heavy atom. The number of carbonyl (C=O) groups is 1. The SMILES string of the molecule is Cc1ccc(S(=O)(=O)N[C@H](CC(=O)N/N=C\c2ccc(N(C)C)c(Br)c2)c2ccccc2)cc1. The van der Waals surface area contributed by atoms with Crippen molar-refractivity contribution < 1.29 is 13.2 Å². The van der Waals surface area contributed by atoms with E-state index in [2.05, 4.69) is 31.2 Å². The average molecular weight is 543 g/mol. The molecule has 7 nitrogen and oxygen atoms in total. The second-order valence-electron chi connectivity index (χ2n) is 8.00. The number of nitrogens with one attached hydrogen (secondary N) is 2. The molecule has 0 aliphatic carbocycles. The standard InChI is InChI=1S/C25H27BrN4O3S/c1-18-9-12-21(13-10-18)34(32,33)29-23(20-7-5-4-6-8-20)16-25(31)28-27-17-19-11-14-24(30(2)3)22(26)15-19/h4-15,17,23,29H,16H2,1-3H3,(H,28,31)/b27-17-/t23-/m1/s1. The molecule has 3 rings (SSSR count). The number of benzene rings is 3. The summed E-state index contributed by atoms with van der Waals surface area (Å²) in [5.41, 5.74) is 5.95. The van der Waals surface area contributed by atoms with Gasteiger partial charge in [0.05, 0.1) is 22.8 Å². The van der Waals surface area contributed by atoms with Crippen LogP contribution in [0.15, 0.2) is 87.3 Å². The van der Waals surface area contributed by atoms with Crippen LogP contribution in [0.5, 0.6) is 0 Å². The fourth-order valence-electron chi connectivity index (χ4n) is 3.26. The Kier molecular flexibility index (Phi) is 8.60. The van der Waals surface area contributed by atoms with E-state index in [1.54, 1.807) is 48.5 Å². The maximum atomic E-state index is 12.9. The number of rotatable bonds is 9. The van der Waals surface area contributed by atoms with Crippen LogP contribution < -0.4 is 15.0 Å². The fraction of sp³-hybridized carbons (Fsp3) is 0.200. The Balaban J connectivity index is 1.71. The van der Waals surface area contributed by atoms with Crippen molar-refractivity contribution in [2.75, 3.05) is 19.0 Å². The monoisotopic (exact) mass is 542 g/mol. The molecule has 1 atom stereocenters. The first-order chi connectivity index (χ1) is 16.2. The third-order valence-corrected chi connectivity index (χ3v) is 7.20. The summed E-state index contributed by atoms with van der Waals surface area (Å²) in [6, 6.07) is 20.5. The number of hydrogen-bond donors (Lipinski definition) is 2. The maximum absolute atomic E-state index is 12.9. The Morgan fingerprint density at radius 1 is 1.06 bits per heavy atom. The Hall–Kier alpha value is -3.01. The number of hydrogen-bond acceptors (Lipinski definition) is 5. The van der Waals surface area contributed by atoms with Crippen LogP contribution in [0.2, 0.25) is 0 Å². The van der Waals surface area contributed by atoms with Gasteiger partial charge in [-0.25, -0.2) is 18.6 Å². The number of hydrazone groups is 1. The van der Waals surface area contributed by atoms with Gasteiger partial charge in [-0.2, -0.15) is 5.10 Å². The van der Waals surface area contributed by atoms with Crippen LogP contribution in [0.4, 0.5) is 5.69 Å². The molecule has 0 fully saturated rings. The third kappa shape index (κ3) is 6.99. The van der Waals surface area contributed by atoms with Crippen molar-refractivity contribution in [2.24, 2.45) is 5.10 Å². The zero-order valence-electron chi connectivity index (χ0n) is 19.2. The molecule has 3 aromatic rings. The molecule has 0 heterocycles. The molecule has 34 heavy (non-hydrogen) atoms. The predicted molar refractivity (Wildman–Crippen MR) is 140 cm³/mol. The maximum Gasteiger partial charge on any atom is 0.242 e. The van der Waals surface area contributed by atoms with Gasteiger partial charge in [0.2, 0.25) is 15.9 Å². The van der Waals surface area contributed by atoms with Crippen LogP contribution in [-0.4, -0.2) is 34.6 Å². The molecule has 9 heteroatoms. The number of nitrogens with zero attached hydrogens (tertiary/aromatic N) is 2. The van der Waals surface area contributed by atoms with E-state index in [1.807, 2.05) is 50.2 Å². The van der Waals surface area contributed by atoms with Crippen molar-refractivity contribution in [3.63, 3.8) is 0 Å². The van der Waals surface area contributed by atoms with Crippen molar-refractivity contribution in [2.45, 2.75) is 24.3 Å². The molecular weight excluding hydrogens is 516 g/mol. The highest BCUT2D eigenvalue weighted by atomic mass is 79.9. The van der Waals surface area contributed by atoms with Crippen molar-refractivity contribution in [3.8, 4) is 0 Å². The summed E-state index contributed by atoms with van der Waals surface area (Å²) in [7, 11) is 0.0704. The van der Waals surface area contributed by atoms with E-state index in [9.17, 15) is 13.2 Å². The molecule has 1 amide bonds. The van der Waals surface area contributed by atoms with Crippen molar-refractivity contribution >= 4 is 43.8 Å². The predicted octanol–water partition coefficient (Wildman–Crippen LogP) is 4.38. The Labute approximate surface area is 209 Å². The van der Waals surface area contributed by atoms with E-state index in [0.29, 0.717) is 5.56 Å². The first kappa shape index (κ1) is 25.6. The molecule has 178 valence electrons. The molecule has 0 unspecified atom stereocenters. The van der Waals surface area contributed by atoms with Crippen molar-refractivity contribution in [1.29, 1.82) is 0 Å². The molecule has 3 aromatic carbocycles. The zero-order chi connectivity index (χ0) is 24.7. The van der Waals surface area contributed by atoms with Gasteiger partial charge in [-0.15, -0.1) is 0 Å². The van der Waals surface area contributed by atoms with Gasteiger partial charge in [0, 0.05) is 25.0 Å². The molecule has 0 saturated heterocycles. The van der Waals surface area contributed by atoms with E-state index in [0.717, 1.165) is 21.3 Å². The van der Waals surface area contributed by atoms with Gasteiger partial charge < -0.3 is 4.90 Å². The van der Waals surface area contributed by atoms with Crippen LogP contribution in [0.25, 0.3) is 0 Å². The second kappa shape index (κ2) is 11.4. The summed E-state index contributed by atoms with van der Waals surface area (Å²) < 4.78 is 29.4. The lowest BCUT2D eigenvalue weighted by atomic mass is 10.0. The van der Waals surface area contributed by atoms with E-state index in [4.69, 9.17) is 0 Å². The van der Waals surface area contributed by atoms with Crippen LogP contribution in [0, 0.1) is 6.92 Å². The average Bonchev–Trinajstić information content (AvgIpc) is 2.79. The normalized spacial score (nSPS) is 12.5. The second-order valence-corrected chi connectivity index (χ2v) is 10.6. The summed E-state index contributed by atoms with van der Waals surface area (Å²) in [6.45, 7) is 1.89. The molecule has 0 spiro atoms. The fourth-order valence-corrected chi connectivity index (χ4v) is 5.24. The van der Waals surface area contributed by atoms with Gasteiger partial charge in [0.25, 0.3) is 0 Å². The topological polar surface area (TPSA) is 90.9 Å². The highest BCUT2D eigenvalue weighted by Gasteiger charge is 2.23. The lowest BCUT2D eigenvalue weighted by Gasteiger charge is -2.18. The summed E-state index contributed by atoms with van der Waals surface area (Å²) in [5, 5.41) is 4.03. The van der Waals surface area contributed by atoms with E-state index in [1.165, 1.54) is 6.21 Å². The Morgan fingerprint density at radius 2 is 1.74 bits per heavy atom. The van der Waals surface area contributed by atoms with Crippen LogP contribution in [0.3, 0.4) is 0 Å². The summed E-state index contributed by atoms with van der Waals surface area (Å²) in [5.74, 6) is -0.416. The van der Waals surface area contributed by atoms with Gasteiger partial charge in [0.15, 0.2) is 0 Å². The molecule has 0 aliphatic rings.